The van der Waals surface area contributed by atoms with E-state index in [-0.39, 0.29) is 21.3 Å². The van der Waals surface area contributed by atoms with Gasteiger partial charge in [-0.2, -0.15) is 13.2 Å². The zero-order valence-electron chi connectivity index (χ0n) is 16.6. The summed E-state index contributed by atoms with van der Waals surface area (Å²) in [7, 11) is -4.30. The van der Waals surface area contributed by atoms with Crippen LogP contribution >= 0.6 is 11.6 Å². The number of para-hydroxylation sites is 2. The van der Waals surface area contributed by atoms with Crippen molar-refractivity contribution in [2.75, 3.05) is 5.01 Å². The van der Waals surface area contributed by atoms with Gasteiger partial charge >= 0.3 is 6.18 Å². The number of pyridine rings is 1. The number of hydrogen-bond acceptors (Lipinski definition) is 6. The number of alkyl halides is 3. The average Bonchev–Trinajstić information content (AvgIpc) is 2.78. The third kappa shape index (κ3) is 5.01. The Bertz CT molecular complexity index is 1270. The summed E-state index contributed by atoms with van der Waals surface area (Å²) in [6.45, 7) is 0. The van der Waals surface area contributed by atoms with Crippen molar-refractivity contribution in [1.29, 1.82) is 0 Å². The lowest BCUT2D eigenvalue weighted by molar-refractivity contribution is -0.231. The lowest BCUT2D eigenvalue weighted by Gasteiger charge is -2.36. The van der Waals surface area contributed by atoms with Crippen molar-refractivity contribution in [3.8, 4) is 0 Å². The molecule has 1 N–H and O–H groups in total. The number of anilines is 1. The van der Waals surface area contributed by atoms with Gasteiger partial charge in [0.2, 0.25) is 0 Å². The van der Waals surface area contributed by atoms with E-state index in [2.05, 4.69) is 14.8 Å². The maximum atomic E-state index is 13.9. The van der Waals surface area contributed by atoms with Gasteiger partial charge in [-0.25, -0.2) is 8.42 Å². The third-order valence-electron chi connectivity index (χ3n) is 4.61. The summed E-state index contributed by atoms with van der Waals surface area (Å²) in [5.41, 5.74) is 0.148. The maximum Gasteiger partial charge on any atom is 0.420 e. The number of nitrogens with zero attached hydrogens (tertiary/aromatic N) is 3. The molecule has 12 heteroatoms. The molecule has 0 radical (unpaired) electrons. The summed E-state index contributed by atoms with van der Waals surface area (Å²) >= 11 is 6.03. The monoisotopic (exact) mass is 496 g/mol. The number of fused-ring (bicyclic) bond motifs is 1. The van der Waals surface area contributed by atoms with Gasteiger partial charge in [0.25, 0.3) is 10.0 Å². The fourth-order valence-corrected chi connectivity index (χ4v) is 4.73. The van der Waals surface area contributed by atoms with E-state index in [0.717, 1.165) is 11.2 Å². The molecule has 4 rings (SSSR count). The Kier molecular flexibility index (Phi) is 6.39. The molecule has 2 heterocycles. The fourth-order valence-electron chi connectivity index (χ4n) is 3.15. The second-order valence-electron chi connectivity index (χ2n) is 6.86. The van der Waals surface area contributed by atoms with Crippen molar-refractivity contribution in [2.45, 2.75) is 23.4 Å². The first kappa shape index (κ1) is 23.2. The topological polar surface area (TPSA) is 83.9 Å². The Hall–Kier alpha value is -2.99. The highest BCUT2D eigenvalue weighted by molar-refractivity contribution is 7.89. The first-order chi connectivity index (χ1) is 15.7. The number of hydrogen-bond donors (Lipinski definition) is 1. The molecule has 0 amide bonds. The van der Waals surface area contributed by atoms with E-state index in [1.807, 2.05) is 0 Å². The molecule has 1 aliphatic heterocycles. The number of nitrogens with one attached hydrogen (secondary N) is 1. The summed E-state index contributed by atoms with van der Waals surface area (Å²) < 4.78 is 73.0. The Morgan fingerprint density at radius 2 is 1.73 bits per heavy atom. The number of aliphatic imine (C=N–C) groups is 1. The van der Waals surface area contributed by atoms with Gasteiger partial charge in [0.05, 0.1) is 28.3 Å². The number of ether oxygens (including phenoxy) is 1. The second kappa shape index (κ2) is 9.10. The largest absolute Gasteiger partial charge is 0.420 e. The van der Waals surface area contributed by atoms with Gasteiger partial charge in [-0.15, -0.1) is 4.83 Å². The van der Waals surface area contributed by atoms with Gasteiger partial charge < -0.3 is 4.74 Å². The van der Waals surface area contributed by atoms with E-state index in [1.54, 1.807) is 24.3 Å². The predicted molar refractivity (Wildman–Crippen MR) is 117 cm³/mol. The van der Waals surface area contributed by atoms with Crippen molar-refractivity contribution in [3.63, 3.8) is 0 Å². The minimum atomic E-state index is -4.83. The Balaban J connectivity index is 1.73. The maximum absolute atomic E-state index is 13.9. The summed E-state index contributed by atoms with van der Waals surface area (Å²) in [6, 6.07) is 16.1. The van der Waals surface area contributed by atoms with Crippen LogP contribution in [0.15, 0.2) is 82.8 Å². The van der Waals surface area contributed by atoms with Gasteiger partial charge in [-0.3, -0.25) is 15.0 Å². The van der Waals surface area contributed by atoms with E-state index in [9.17, 15) is 21.6 Å². The predicted octanol–water partition coefficient (Wildman–Crippen LogP) is 4.80. The standard InChI is InChI=1S/C21H16ClF3N4O3S/c22-14-7-1-4-11-18(14)33(30,31)28-29-17-10-3-2-8-15(17)27-13-19(29)32-20(21(23,24)25)16-9-5-6-12-26-16/h1-13,19-20,28H. The molecule has 2 unspecified atom stereocenters. The number of rotatable bonds is 6. The highest BCUT2D eigenvalue weighted by Crippen LogP contribution is 2.39. The van der Waals surface area contributed by atoms with Gasteiger partial charge in [0.15, 0.2) is 12.3 Å². The molecule has 0 aliphatic carbocycles. The van der Waals surface area contributed by atoms with E-state index in [1.165, 1.54) is 48.7 Å². The summed E-state index contributed by atoms with van der Waals surface area (Å²) in [4.78, 5) is 9.92. The van der Waals surface area contributed by atoms with Crippen molar-refractivity contribution >= 4 is 39.2 Å². The lowest BCUT2D eigenvalue weighted by atomic mass is 10.2. The van der Waals surface area contributed by atoms with Crippen LogP contribution in [0.4, 0.5) is 24.5 Å². The molecule has 33 heavy (non-hydrogen) atoms. The summed E-state index contributed by atoms with van der Waals surface area (Å²) in [5.74, 6) is 0. The van der Waals surface area contributed by atoms with Crippen LogP contribution in [0, 0.1) is 0 Å². The highest BCUT2D eigenvalue weighted by Gasteiger charge is 2.46. The first-order valence-corrected chi connectivity index (χ1v) is 11.4. The van der Waals surface area contributed by atoms with Crippen LogP contribution in [0.5, 0.6) is 0 Å². The van der Waals surface area contributed by atoms with Crippen LogP contribution in [-0.4, -0.2) is 32.0 Å². The van der Waals surface area contributed by atoms with Crippen LogP contribution in [0.3, 0.4) is 0 Å². The SMILES string of the molecule is O=S(=O)(NN1c2ccccc2N=CC1OC(c1ccccn1)C(F)(F)F)c1ccccc1Cl. The molecule has 0 bridgehead atoms. The number of hydrazine groups is 1. The molecule has 2 aromatic carbocycles. The minimum Gasteiger partial charge on any atom is -0.333 e. The summed E-state index contributed by atoms with van der Waals surface area (Å²) in [5, 5.41) is 0.908. The first-order valence-electron chi connectivity index (χ1n) is 9.49. The van der Waals surface area contributed by atoms with Crippen LogP contribution in [0.1, 0.15) is 11.8 Å². The molecule has 0 saturated carbocycles. The minimum absolute atomic E-state index is 0.0527. The number of halogens is 4. The van der Waals surface area contributed by atoms with Crippen LogP contribution in [0.25, 0.3) is 0 Å². The molecular formula is C21H16ClF3N4O3S. The van der Waals surface area contributed by atoms with Crippen molar-refractivity contribution in [2.24, 2.45) is 4.99 Å². The Morgan fingerprint density at radius 3 is 2.42 bits per heavy atom. The third-order valence-corrected chi connectivity index (χ3v) is 6.42. The van der Waals surface area contributed by atoms with Gasteiger partial charge in [0.1, 0.15) is 4.90 Å². The molecule has 1 aromatic heterocycles. The van der Waals surface area contributed by atoms with Gasteiger partial charge in [-0.1, -0.05) is 41.9 Å². The zero-order valence-corrected chi connectivity index (χ0v) is 18.2. The van der Waals surface area contributed by atoms with Crippen molar-refractivity contribution < 1.29 is 26.3 Å². The fraction of sp³-hybridized carbons (Fsp3) is 0.143. The van der Waals surface area contributed by atoms with Crippen LogP contribution < -0.4 is 9.84 Å². The van der Waals surface area contributed by atoms with Gasteiger partial charge in [0, 0.05) is 6.20 Å². The second-order valence-corrected chi connectivity index (χ2v) is 8.90. The molecule has 172 valence electrons. The quantitative estimate of drug-likeness (QED) is 0.530. The Labute approximate surface area is 192 Å². The van der Waals surface area contributed by atoms with E-state index in [4.69, 9.17) is 16.3 Å². The normalized spacial score (nSPS) is 17.0. The number of benzene rings is 2. The number of aromatic nitrogens is 1. The summed E-state index contributed by atoms with van der Waals surface area (Å²) in [6.07, 6.45) is -6.52. The van der Waals surface area contributed by atoms with Crippen LogP contribution in [-0.2, 0) is 14.8 Å². The highest BCUT2D eigenvalue weighted by atomic mass is 35.5. The molecule has 0 spiro atoms. The van der Waals surface area contributed by atoms with Crippen molar-refractivity contribution in [3.05, 3.63) is 83.6 Å². The van der Waals surface area contributed by atoms with E-state index >= 15 is 0 Å². The molecule has 1 aliphatic rings. The number of sulfonamides is 1. The van der Waals surface area contributed by atoms with Gasteiger partial charge in [-0.05, 0) is 36.4 Å². The molecule has 3 aromatic rings. The average molecular weight is 497 g/mol. The lowest BCUT2D eigenvalue weighted by Crippen LogP contribution is -2.53. The Morgan fingerprint density at radius 1 is 1.03 bits per heavy atom. The smallest absolute Gasteiger partial charge is 0.333 e. The van der Waals surface area contributed by atoms with E-state index < -0.39 is 28.5 Å². The van der Waals surface area contributed by atoms with Crippen LogP contribution in [0.2, 0.25) is 5.02 Å². The molecule has 0 fully saturated rings. The van der Waals surface area contributed by atoms with Crippen molar-refractivity contribution in [1.82, 2.24) is 9.82 Å². The van der Waals surface area contributed by atoms with E-state index in [0.29, 0.717) is 5.69 Å². The molecule has 0 saturated heterocycles. The zero-order chi connectivity index (χ0) is 23.6. The molecule has 2 atom stereocenters. The molecular weight excluding hydrogens is 481 g/mol. The molecule has 7 nitrogen and oxygen atoms in total.